The highest BCUT2D eigenvalue weighted by Crippen LogP contribution is 2.39. The molecule has 4 nitrogen and oxygen atoms in total. The summed E-state index contributed by atoms with van der Waals surface area (Å²) in [5, 5.41) is 4.64. The van der Waals surface area contributed by atoms with Gasteiger partial charge in [0.05, 0.1) is 23.4 Å². The summed E-state index contributed by atoms with van der Waals surface area (Å²) >= 11 is 0. The van der Waals surface area contributed by atoms with Crippen molar-refractivity contribution in [3.05, 3.63) is 95.2 Å². The minimum absolute atomic E-state index is 0.0958. The minimum atomic E-state index is -4.45. The lowest BCUT2D eigenvalue weighted by atomic mass is 9.99. The van der Waals surface area contributed by atoms with Crippen LogP contribution in [0.4, 0.5) is 13.2 Å². The molecule has 1 aliphatic rings. The number of rotatable bonds is 4. The molecule has 0 radical (unpaired) electrons. The van der Waals surface area contributed by atoms with Crippen LogP contribution in [0.5, 0.6) is 0 Å². The summed E-state index contributed by atoms with van der Waals surface area (Å²) in [6.07, 6.45) is -1.91. The summed E-state index contributed by atoms with van der Waals surface area (Å²) in [7, 11) is 3.34. The lowest BCUT2D eigenvalue weighted by Gasteiger charge is -2.10. The van der Waals surface area contributed by atoms with E-state index in [9.17, 15) is 18.0 Å². The number of fused-ring (bicyclic) bond motifs is 3. The minimum Gasteiger partial charge on any atom is -0.349 e. The van der Waals surface area contributed by atoms with Crippen molar-refractivity contribution in [2.45, 2.75) is 19.0 Å². The molecule has 172 valence electrons. The number of halogens is 3. The molecule has 34 heavy (non-hydrogen) atoms. The van der Waals surface area contributed by atoms with E-state index >= 15 is 0 Å². The van der Waals surface area contributed by atoms with Crippen LogP contribution in [0.1, 0.15) is 22.3 Å². The van der Waals surface area contributed by atoms with Gasteiger partial charge >= 0.3 is 6.18 Å². The summed E-state index contributed by atoms with van der Waals surface area (Å²) in [6.45, 7) is 0. The standard InChI is InChI=1S/C27H22F3N3O/c1-32(2)25(34)14-20-16-33(22-8-5-7-21(15-22)27(28,29)30)31-26(20)18-10-11-24-19(13-18)12-17-6-3-4-9-23(17)24/h3-11,13,15-16H,12,14H2,1-2H3. The van der Waals surface area contributed by atoms with Crippen molar-refractivity contribution < 1.29 is 18.0 Å². The molecule has 0 aliphatic heterocycles. The van der Waals surface area contributed by atoms with Gasteiger partial charge in [-0.15, -0.1) is 0 Å². The maximum absolute atomic E-state index is 13.3. The van der Waals surface area contributed by atoms with E-state index < -0.39 is 11.7 Å². The summed E-state index contributed by atoms with van der Waals surface area (Å²) in [5.41, 5.74) is 6.42. The fourth-order valence-electron chi connectivity index (χ4n) is 4.35. The molecular formula is C27H22F3N3O. The van der Waals surface area contributed by atoms with Gasteiger partial charge in [0.25, 0.3) is 0 Å². The average Bonchev–Trinajstić information content (AvgIpc) is 3.39. The van der Waals surface area contributed by atoms with Gasteiger partial charge in [-0.2, -0.15) is 18.3 Å². The number of benzene rings is 3. The van der Waals surface area contributed by atoms with E-state index in [1.165, 1.54) is 32.3 Å². The number of likely N-dealkylation sites (N-methyl/N-ethyl adjacent to an activating group) is 1. The van der Waals surface area contributed by atoms with E-state index in [-0.39, 0.29) is 18.0 Å². The first-order chi connectivity index (χ1) is 16.2. The molecule has 5 rings (SSSR count). The van der Waals surface area contributed by atoms with Gasteiger partial charge in [0.1, 0.15) is 0 Å². The Morgan fingerprint density at radius 1 is 0.971 bits per heavy atom. The summed E-state index contributed by atoms with van der Waals surface area (Å²) < 4.78 is 41.2. The molecule has 0 bridgehead atoms. The predicted octanol–water partition coefficient (Wildman–Crippen LogP) is 5.76. The first-order valence-corrected chi connectivity index (χ1v) is 10.9. The fraction of sp³-hybridized carbons (Fsp3) is 0.185. The Morgan fingerprint density at radius 3 is 2.50 bits per heavy atom. The third-order valence-electron chi connectivity index (χ3n) is 6.14. The van der Waals surface area contributed by atoms with Crippen molar-refractivity contribution in [3.8, 4) is 28.1 Å². The van der Waals surface area contributed by atoms with Crippen LogP contribution in [0, 0.1) is 0 Å². The van der Waals surface area contributed by atoms with Gasteiger partial charge in [0, 0.05) is 31.4 Å². The SMILES string of the molecule is CN(C)C(=O)Cc1cn(-c2cccc(C(F)(F)F)c2)nc1-c1ccc2c(c1)Cc1ccccc1-2. The van der Waals surface area contributed by atoms with Crippen molar-refractivity contribution in [2.24, 2.45) is 0 Å². The molecule has 1 heterocycles. The fourth-order valence-corrected chi connectivity index (χ4v) is 4.35. The van der Waals surface area contributed by atoms with E-state index in [1.54, 1.807) is 26.4 Å². The van der Waals surface area contributed by atoms with Gasteiger partial charge in [-0.25, -0.2) is 4.68 Å². The first kappa shape index (κ1) is 21.9. The van der Waals surface area contributed by atoms with Crippen LogP contribution in [-0.2, 0) is 23.8 Å². The zero-order valence-electron chi connectivity index (χ0n) is 18.7. The Labute approximate surface area is 195 Å². The molecule has 0 N–H and O–H groups in total. The Balaban J connectivity index is 1.59. The molecule has 3 aromatic carbocycles. The maximum atomic E-state index is 13.3. The Hall–Kier alpha value is -3.87. The highest BCUT2D eigenvalue weighted by molar-refractivity contribution is 5.83. The maximum Gasteiger partial charge on any atom is 0.416 e. The number of carbonyl (C=O) groups is 1. The Kier molecular flexibility index (Phi) is 5.27. The van der Waals surface area contributed by atoms with Crippen molar-refractivity contribution in [2.75, 3.05) is 14.1 Å². The van der Waals surface area contributed by atoms with Crippen LogP contribution in [0.25, 0.3) is 28.1 Å². The van der Waals surface area contributed by atoms with Crippen molar-refractivity contribution >= 4 is 5.91 Å². The van der Waals surface area contributed by atoms with Crippen LogP contribution in [-0.4, -0.2) is 34.7 Å². The molecule has 0 atom stereocenters. The molecule has 0 saturated carbocycles. The smallest absolute Gasteiger partial charge is 0.349 e. The number of hydrogen-bond donors (Lipinski definition) is 0. The zero-order valence-corrected chi connectivity index (χ0v) is 18.7. The van der Waals surface area contributed by atoms with E-state index in [0.29, 0.717) is 11.3 Å². The van der Waals surface area contributed by atoms with Crippen LogP contribution in [0.15, 0.2) is 72.9 Å². The lowest BCUT2D eigenvalue weighted by molar-refractivity contribution is -0.137. The number of carbonyl (C=O) groups excluding carboxylic acids is 1. The highest BCUT2D eigenvalue weighted by atomic mass is 19.4. The monoisotopic (exact) mass is 461 g/mol. The Morgan fingerprint density at radius 2 is 1.74 bits per heavy atom. The van der Waals surface area contributed by atoms with Crippen LogP contribution < -0.4 is 0 Å². The largest absolute Gasteiger partial charge is 0.416 e. The molecule has 0 unspecified atom stereocenters. The number of alkyl halides is 3. The molecular weight excluding hydrogens is 439 g/mol. The quantitative estimate of drug-likeness (QED) is 0.341. The van der Waals surface area contributed by atoms with Gasteiger partial charge in [0.15, 0.2) is 0 Å². The molecule has 1 aromatic heterocycles. The first-order valence-electron chi connectivity index (χ1n) is 10.9. The van der Waals surface area contributed by atoms with E-state index in [0.717, 1.165) is 29.7 Å². The lowest BCUT2D eigenvalue weighted by Crippen LogP contribution is -2.23. The molecule has 7 heteroatoms. The predicted molar refractivity (Wildman–Crippen MR) is 125 cm³/mol. The van der Waals surface area contributed by atoms with Crippen molar-refractivity contribution in [3.63, 3.8) is 0 Å². The summed E-state index contributed by atoms with van der Waals surface area (Å²) in [4.78, 5) is 14.0. The number of hydrogen-bond acceptors (Lipinski definition) is 2. The number of amides is 1. The molecule has 1 amide bonds. The normalized spacial score (nSPS) is 12.4. The summed E-state index contributed by atoms with van der Waals surface area (Å²) in [6, 6.07) is 19.4. The number of aromatic nitrogens is 2. The third-order valence-corrected chi connectivity index (χ3v) is 6.14. The molecule has 0 spiro atoms. The molecule has 0 fully saturated rings. The number of nitrogens with zero attached hydrogens (tertiary/aromatic N) is 3. The van der Waals surface area contributed by atoms with Crippen LogP contribution in [0.2, 0.25) is 0 Å². The van der Waals surface area contributed by atoms with Gasteiger partial charge < -0.3 is 4.90 Å². The van der Waals surface area contributed by atoms with Crippen molar-refractivity contribution in [1.82, 2.24) is 14.7 Å². The van der Waals surface area contributed by atoms with E-state index in [2.05, 4.69) is 29.4 Å². The molecule has 0 saturated heterocycles. The second-order valence-corrected chi connectivity index (χ2v) is 8.67. The van der Waals surface area contributed by atoms with Crippen LogP contribution in [0.3, 0.4) is 0 Å². The topological polar surface area (TPSA) is 38.1 Å². The van der Waals surface area contributed by atoms with Crippen LogP contribution >= 0.6 is 0 Å². The Bertz CT molecular complexity index is 1400. The second kappa shape index (κ2) is 8.17. The van der Waals surface area contributed by atoms with Crippen molar-refractivity contribution in [1.29, 1.82) is 0 Å². The summed E-state index contributed by atoms with van der Waals surface area (Å²) in [5.74, 6) is -0.113. The molecule has 1 aliphatic carbocycles. The van der Waals surface area contributed by atoms with Gasteiger partial charge in [-0.3, -0.25) is 4.79 Å². The van der Waals surface area contributed by atoms with E-state index in [4.69, 9.17) is 0 Å². The van der Waals surface area contributed by atoms with Gasteiger partial charge in [0.2, 0.25) is 5.91 Å². The molecule has 4 aromatic rings. The second-order valence-electron chi connectivity index (χ2n) is 8.67. The van der Waals surface area contributed by atoms with Gasteiger partial charge in [-0.1, -0.05) is 42.5 Å². The van der Waals surface area contributed by atoms with Gasteiger partial charge in [-0.05, 0) is 52.9 Å². The van der Waals surface area contributed by atoms with E-state index in [1.807, 2.05) is 18.2 Å². The average molecular weight is 461 g/mol. The third kappa shape index (κ3) is 3.98. The highest BCUT2D eigenvalue weighted by Gasteiger charge is 2.31. The zero-order chi connectivity index (χ0) is 24.0.